The minimum absolute atomic E-state index is 0.0429. The predicted molar refractivity (Wildman–Crippen MR) is 104 cm³/mol. The van der Waals surface area contributed by atoms with Gasteiger partial charge in [0.1, 0.15) is 18.8 Å². The Labute approximate surface area is 168 Å². The Morgan fingerprint density at radius 3 is 1.79 bits per heavy atom. The molecule has 0 saturated carbocycles. The summed E-state index contributed by atoms with van der Waals surface area (Å²) in [6.45, 7) is 0.00780. The van der Waals surface area contributed by atoms with Crippen LogP contribution in [0.2, 0.25) is 0 Å². The minimum atomic E-state index is -0.553. The molecule has 2 aromatic carbocycles. The first-order valence-electron chi connectivity index (χ1n) is 9.10. The van der Waals surface area contributed by atoms with Crippen molar-refractivity contribution >= 4 is 17.7 Å². The first-order chi connectivity index (χ1) is 14.1. The van der Waals surface area contributed by atoms with Crippen LogP contribution in [0.4, 0.5) is 0 Å². The summed E-state index contributed by atoms with van der Waals surface area (Å²) in [7, 11) is 0. The summed E-state index contributed by atoms with van der Waals surface area (Å²) in [6, 6.07) is 20.8. The number of aromatic nitrogens is 1. The van der Waals surface area contributed by atoms with Gasteiger partial charge in [-0.2, -0.15) is 4.57 Å². The molecular formula is C23H20NO5+. The molecule has 0 N–H and O–H groups in total. The number of ketones is 1. The fraction of sp³-hybridized carbons (Fsp3) is 0.130. The van der Waals surface area contributed by atoms with Gasteiger partial charge in [0.25, 0.3) is 0 Å². The minimum Gasteiger partial charge on any atom is -0.458 e. The molecule has 0 bridgehead atoms. The van der Waals surface area contributed by atoms with Gasteiger partial charge in [0.2, 0.25) is 12.3 Å². The molecule has 3 aromatic rings. The van der Waals surface area contributed by atoms with Gasteiger partial charge in [-0.1, -0.05) is 48.5 Å². The van der Waals surface area contributed by atoms with Gasteiger partial charge in [-0.15, -0.1) is 0 Å². The zero-order valence-electron chi connectivity index (χ0n) is 15.7. The second-order valence-corrected chi connectivity index (χ2v) is 6.19. The molecule has 0 aliphatic carbocycles. The van der Waals surface area contributed by atoms with E-state index in [2.05, 4.69) is 0 Å². The van der Waals surface area contributed by atoms with Crippen molar-refractivity contribution < 1.29 is 28.4 Å². The fourth-order valence-electron chi connectivity index (χ4n) is 2.63. The summed E-state index contributed by atoms with van der Waals surface area (Å²) < 4.78 is 11.8. The maximum Gasteiger partial charge on any atom is 0.344 e. The highest BCUT2D eigenvalue weighted by Gasteiger charge is 2.16. The van der Waals surface area contributed by atoms with Crippen LogP contribution in [0.5, 0.6) is 0 Å². The molecule has 1 heterocycles. The molecule has 0 atom stereocenters. The number of benzene rings is 2. The molecule has 6 heteroatoms. The van der Waals surface area contributed by atoms with Gasteiger partial charge in [-0.25, -0.2) is 9.59 Å². The van der Waals surface area contributed by atoms with E-state index in [9.17, 15) is 14.4 Å². The van der Waals surface area contributed by atoms with E-state index in [-0.39, 0.29) is 25.5 Å². The van der Waals surface area contributed by atoms with E-state index in [0.29, 0.717) is 16.7 Å². The van der Waals surface area contributed by atoms with E-state index >= 15 is 0 Å². The van der Waals surface area contributed by atoms with Crippen LogP contribution in [0, 0.1) is 0 Å². The monoisotopic (exact) mass is 390 g/mol. The molecule has 146 valence electrons. The maximum absolute atomic E-state index is 12.3. The maximum atomic E-state index is 12.3. The third-order valence-electron chi connectivity index (χ3n) is 4.08. The number of carbonyl (C=O) groups is 3. The molecule has 1 aromatic heterocycles. The van der Waals surface area contributed by atoms with Crippen molar-refractivity contribution in [1.82, 2.24) is 0 Å². The van der Waals surface area contributed by atoms with Gasteiger partial charge in [0.05, 0.1) is 5.56 Å². The number of nitrogens with zero attached hydrogens (tertiary/aromatic N) is 1. The topological polar surface area (TPSA) is 73.6 Å². The Kier molecular flexibility index (Phi) is 6.84. The lowest BCUT2D eigenvalue weighted by atomic mass is 10.1. The molecule has 0 unspecified atom stereocenters. The van der Waals surface area contributed by atoms with Crippen LogP contribution in [-0.4, -0.2) is 30.9 Å². The van der Waals surface area contributed by atoms with Crippen LogP contribution in [0.15, 0.2) is 85.2 Å². The Balaban J connectivity index is 1.49. The number of pyridine rings is 1. The summed E-state index contributed by atoms with van der Waals surface area (Å²) in [4.78, 5) is 36.3. The number of hydrogen-bond donors (Lipinski definition) is 0. The highest BCUT2D eigenvalue weighted by molar-refractivity contribution is 5.95. The molecular weight excluding hydrogens is 370 g/mol. The Bertz CT molecular complexity index is 986. The Morgan fingerprint density at radius 1 is 0.655 bits per heavy atom. The van der Waals surface area contributed by atoms with Gasteiger partial charge in [0.15, 0.2) is 12.4 Å². The van der Waals surface area contributed by atoms with Crippen molar-refractivity contribution in [3.05, 3.63) is 102 Å². The SMILES string of the molecule is O=C(C[n+]1cccc(C(=O)OCCOC(=O)c2ccccc2)c1)c1ccccc1. The summed E-state index contributed by atoms with van der Waals surface area (Å²) >= 11 is 0. The highest BCUT2D eigenvalue weighted by Crippen LogP contribution is 2.03. The number of carbonyl (C=O) groups excluding carboxylic acids is 3. The average Bonchev–Trinajstić information content (AvgIpc) is 2.77. The molecule has 0 spiro atoms. The first kappa shape index (κ1) is 19.9. The molecule has 29 heavy (non-hydrogen) atoms. The zero-order chi connectivity index (χ0) is 20.5. The fourth-order valence-corrected chi connectivity index (χ4v) is 2.63. The van der Waals surface area contributed by atoms with Crippen molar-refractivity contribution in [2.24, 2.45) is 0 Å². The largest absolute Gasteiger partial charge is 0.458 e. The molecule has 0 fully saturated rings. The van der Waals surface area contributed by atoms with Crippen LogP contribution in [0.1, 0.15) is 31.1 Å². The quantitative estimate of drug-likeness (QED) is 0.256. The van der Waals surface area contributed by atoms with Gasteiger partial charge < -0.3 is 9.47 Å². The third-order valence-corrected chi connectivity index (χ3v) is 4.08. The Hall–Kier alpha value is -3.80. The van der Waals surface area contributed by atoms with E-state index in [1.165, 1.54) is 0 Å². The molecule has 0 aliphatic heterocycles. The lowest BCUT2D eigenvalue weighted by molar-refractivity contribution is -0.683. The van der Waals surface area contributed by atoms with Crippen LogP contribution < -0.4 is 4.57 Å². The van der Waals surface area contributed by atoms with Gasteiger partial charge >= 0.3 is 11.9 Å². The van der Waals surface area contributed by atoms with Crippen molar-refractivity contribution in [1.29, 1.82) is 0 Å². The molecule has 3 rings (SSSR count). The van der Waals surface area contributed by atoms with Crippen LogP contribution in [0.3, 0.4) is 0 Å². The van der Waals surface area contributed by atoms with Gasteiger partial charge in [0, 0.05) is 11.6 Å². The number of Topliss-reactive ketones (excluding diaryl/α,β-unsaturated/α-hetero) is 1. The van der Waals surface area contributed by atoms with Crippen molar-refractivity contribution in [2.45, 2.75) is 6.54 Å². The van der Waals surface area contributed by atoms with Gasteiger partial charge in [-0.3, -0.25) is 4.79 Å². The summed E-state index contributed by atoms with van der Waals surface area (Å²) in [6.07, 6.45) is 3.26. The second-order valence-electron chi connectivity index (χ2n) is 6.19. The first-order valence-corrected chi connectivity index (χ1v) is 9.10. The lowest BCUT2D eigenvalue weighted by Gasteiger charge is -2.06. The molecule has 6 nitrogen and oxygen atoms in total. The normalized spacial score (nSPS) is 10.2. The van der Waals surface area contributed by atoms with E-state index in [1.807, 2.05) is 6.07 Å². The zero-order valence-corrected chi connectivity index (χ0v) is 15.7. The van der Waals surface area contributed by atoms with E-state index in [0.717, 1.165) is 0 Å². The highest BCUT2D eigenvalue weighted by atomic mass is 16.6. The third kappa shape index (κ3) is 5.84. The molecule has 0 amide bonds. The second kappa shape index (κ2) is 9.94. The van der Waals surface area contributed by atoms with Crippen LogP contribution >= 0.6 is 0 Å². The number of rotatable bonds is 8. The average molecular weight is 390 g/mol. The number of esters is 2. The molecule has 0 saturated heterocycles. The lowest BCUT2D eigenvalue weighted by Crippen LogP contribution is -2.38. The van der Waals surface area contributed by atoms with Gasteiger partial charge in [-0.05, 0) is 18.2 Å². The van der Waals surface area contributed by atoms with E-state index in [4.69, 9.17) is 9.47 Å². The number of ether oxygens (including phenoxy) is 2. The smallest absolute Gasteiger partial charge is 0.344 e. The van der Waals surface area contributed by atoms with Crippen LogP contribution in [0.25, 0.3) is 0 Å². The van der Waals surface area contributed by atoms with Crippen molar-refractivity contribution in [2.75, 3.05) is 13.2 Å². The summed E-state index contributed by atoms with van der Waals surface area (Å²) in [5, 5.41) is 0. The van der Waals surface area contributed by atoms with Crippen LogP contribution in [-0.2, 0) is 16.0 Å². The Morgan fingerprint density at radius 2 is 1.17 bits per heavy atom. The molecule has 0 radical (unpaired) electrons. The standard InChI is InChI=1S/C23H20NO5/c25-21(18-8-3-1-4-9-18)17-24-13-7-12-20(16-24)23(27)29-15-14-28-22(26)19-10-5-2-6-11-19/h1-13,16H,14-15,17H2/q+1. The predicted octanol–water partition coefficient (Wildman–Crippen LogP) is 2.87. The summed E-state index contributed by atoms with van der Waals surface area (Å²) in [5.41, 5.74) is 1.35. The van der Waals surface area contributed by atoms with E-state index in [1.54, 1.807) is 83.7 Å². The van der Waals surface area contributed by atoms with Crippen molar-refractivity contribution in [3.63, 3.8) is 0 Å². The summed E-state index contributed by atoms with van der Waals surface area (Å²) in [5.74, 6) is -1.09. The molecule has 0 aliphatic rings. The number of hydrogen-bond acceptors (Lipinski definition) is 5. The van der Waals surface area contributed by atoms with E-state index < -0.39 is 11.9 Å². The van der Waals surface area contributed by atoms with Crippen molar-refractivity contribution in [3.8, 4) is 0 Å².